The van der Waals surface area contributed by atoms with E-state index in [1.165, 1.54) is 18.0 Å². The van der Waals surface area contributed by atoms with Crippen LogP contribution in [0.25, 0.3) is 0 Å². The van der Waals surface area contributed by atoms with Crippen molar-refractivity contribution < 1.29 is 9.84 Å². The number of hydrogen-bond donors (Lipinski definition) is 1. The molecule has 0 saturated carbocycles. The van der Waals surface area contributed by atoms with Gasteiger partial charge in [-0.3, -0.25) is 4.79 Å². The lowest BCUT2D eigenvalue weighted by Gasteiger charge is -2.30. The van der Waals surface area contributed by atoms with E-state index in [1.807, 2.05) is 66.7 Å². The summed E-state index contributed by atoms with van der Waals surface area (Å²) in [5, 5.41) is 16.4. The zero-order valence-corrected chi connectivity index (χ0v) is 16.6. The molecule has 150 valence electrons. The Morgan fingerprint density at radius 3 is 1.87 bits per heavy atom. The van der Waals surface area contributed by atoms with E-state index in [0.717, 1.165) is 5.56 Å². The summed E-state index contributed by atoms with van der Waals surface area (Å²) >= 11 is 0. The summed E-state index contributed by atoms with van der Waals surface area (Å²) in [5.74, 6) is 0.236. The van der Waals surface area contributed by atoms with Crippen LogP contribution in [-0.2, 0) is 12.1 Å². The summed E-state index contributed by atoms with van der Waals surface area (Å²) in [6, 6.07) is 27.9. The SMILES string of the molecule is COc1cnn(Cc2ccccc2)c(=O)c1C(O)(c1ccccc1)c1ccccc1. The molecular weight excluding hydrogens is 376 g/mol. The van der Waals surface area contributed by atoms with Gasteiger partial charge in [0.2, 0.25) is 0 Å². The third-order valence-electron chi connectivity index (χ3n) is 5.15. The van der Waals surface area contributed by atoms with Crippen molar-refractivity contribution in [3.63, 3.8) is 0 Å². The zero-order chi connectivity index (χ0) is 21.0. The highest BCUT2D eigenvalue weighted by Gasteiger charge is 2.39. The van der Waals surface area contributed by atoms with Crippen LogP contribution >= 0.6 is 0 Å². The Bertz CT molecular complexity index is 1130. The Labute approximate surface area is 174 Å². The molecule has 0 saturated heterocycles. The minimum absolute atomic E-state index is 0.133. The molecule has 4 aromatic rings. The Kier molecular flexibility index (Phi) is 5.46. The van der Waals surface area contributed by atoms with E-state index in [9.17, 15) is 9.90 Å². The predicted octanol–water partition coefficient (Wildman–Crippen LogP) is 3.58. The van der Waals surface area contributed by atoms with Crippen LogP contribution in [0.4, 0.5) is 0 Å². The number of rotatable bonds is 6. The molecule has 5 heteroatoms. The number of nitrogens with zero attached hydrogens (tertiary/aromatic N) is 2. The zero-order valence-electron chi connectivity index (χ0n) is 16.6. The van der Waals surface area contributed by atoms with Gasteiger partial charge in [0.25, 0.3) is 5.56 Å². The number of aromatic nitrogens is 2. The second-order valence-corrected chi connectivity index (χ2v) is 6.98. The summed E-state index contributed by atoms with van der Waals surface area (Å²) in [4.78, 5) is 13.6. The number of aliphatic hydroxyl groups is 1. The lowest BCUT2D eigenvalue weighted by Crippen LogP contribution is -2.39. The molecule has 0 aliphatic carbocycles. The van der Waals surface area contributed by atoms with Crippen molar-refractivity contribution in [1.82, 2.24) is 9.78 Å². The fraction of sp³-hybridized carbons (Fsp3) is 0.120. The van der Waals surface area contributed by atoms with Gasteiger partial charge in [0.15, 0.2) is 5.75 Å². The number of ether oxygens (including phenoxy) is 1. The summed E-state index contributed by atoms with van der Waals surface area (Å²) in [7, 11) is 1.47. The largest absolute Gasteiger partial charge is 0.494 e. The van der Waals surface area contributed by atoms with E-state index in [4.69, 9.17) is 4.74 Å². The third-order valence-corrected chi connectivity index (χ3v) is 5.15. The maximum absolute atomic E-state index is 13.6. The lowest BCUT2D eigenvalue weighted by atomic mass is 9.80. The molecule has 0 spiro atoms. The second-order valence-electron chi connectivity index (χ2n) is 6.98. The van der Waals surface area contributed by atoms with Crippen molar-refractivity contribution in [2.24, 2.45) is 0 Å². The summed E-state index contributed by atoms with van der Waals surface area (Å²) in [5.41, 5.74) is 0.104. The monoisotopic (exact) mass is 398 g/mol. The van der Waals surface area contributed by atoms with Gasteiger partial charge in [-0.2, -0.15) is 5.10 Å². The number of benzene rings is 3. The van der Waals surface area contributed by atoms with Crippen molar-refractivity contribution in [2.75, 3.05) is 7.11 Å². The van der Waals surface area contributed by atoms with Gasteiger partial charge >= 0.3 is 0 Å². The van der Waals surface area contributed by atoms with Crippen LogP contribution in [0.2, 0.25) is 0 Å². The maximum Gasteiger partial charge on any atom is 0.277 e. The molecule has 4 rings (SSSR count). The molecule has 0 unspecified atom stereocenters. The highest BCUT2D eigenvalue weighted by Crippen LogP contribution is 2.38. The molecule has 0 amide bonds. The van der Waals surface area contributed by atoms with Crippen molar-refractivity contribution in [2.45, 2.75) is 12.1 Å². The summed E-state index contributed by atoms with van der Waals surface area (Å²) in [6.45, 7) is 0.288. The smallest absolute Gasteiger partial charge is 0.277 e. The molecular formula is C25H22N2O3. The Morgan fingerprint density at radius 1 is 0.867 bits per heavy atom. The molecule has 3 aromatic carbocycles. The number of hydrogen-bond acceptors (Lipinski definition) is 4. The van der Waals surface area contributed by atoms with E-state index in [1.54, 1.807) is 24.3 Å². The van der Waals surface area contributed by atoms with Crippen LogP contribution < -0.4 is 10.3 Å². The van der Waals surface area contributed by atoms with E-state index < -0.39 is 11.2 Å². The van der Waals surface area contributed by atoms with E-state index in [2.05, 4.69) is 5.10 Å². The molecule has 0 atom stereocenters. The lowest BCUT2D eigenvalue weighted by molar-refractivity contribution is 0.119. The first kappa shape index (κ1) is 19.6. The second kappa shape index (κ2) is 8.35. The minimum Gasteiger partial charge on any atom is -0.494 e. The first-order chi connectivity index (χ1) is 14.6. The normalized spacial score (nSPS) is 11.3. The molecule has 1 N–H and O–H groups in total. The molecule has 0 aliphatic heterocycles. The Balaban J connectivity index is 1.97. The molecule has 1 heterocycles. The first-order valence-corrected chi connectivity index (χ1v) is 9.66. The summed E-state index contributed by atoms with van der Waals surface area (Å²) in [6.07, 6.45) is 1.48. The average molecular weight is 398 g/mol. The van der Waals surface area contributed by atoms with Crippen LogP contribution in [0.5, 0.6) is 5.75 Å². The Morgan fingerprint density at radius 2 is 1.37 bits per heavy atom. The van der Waals surface area contributed by atoms with Gasteiger partial charge in [-0.15, -0.1) is 0 Å². The predicted molar refractivity (Wildman–Crippen MR) is 116 cm³/mol. The van der Waals surface area contributed by atoms with Gasteiger partial charge < -0.3 is 9.84 Å². The van der Waals surface area contributed by atoms with Gasteiger partial charge in [0, 0.05) is 0 Å². The molecule has 0 aliphatic rings. The number of methoxy groups -OCH3 is 1. The molecule has 30 heavy (non-hydrogen) atoms. The maximum atomic E-state index is 13.6. The van der Waals surface area contributed by atoms with Crippen LogP contribution in [0.3, 0.4) is 0 Å². The van der Waals surface area contributed by atoms with Gasteiger partial charge in [-0.1, -0.05) is 91.0 Å². The molecule has 0 bridgehead atoms. The molecule has 0 radical (unpaired) electrons. The fourth-order valence-electron chi connectivity index (χ4n) is 3.64. The standard InChI is InChI=1S/C25H22N2O3/c1-30-22-17-26-27(18-19-11-5-2-6-12-19)24(28)23(22)25(29,20-13-7-3-8-14-20)21-15-9-4-10-16-21/h2-17,29H,18H2,1H3. The van der Waals surface area contributed by atoms with Crippen molar-refractivity contribution in [3.05, 3.63) is 130 Å². The highest BCUT2D eigenvalue weighted by molar-refractivity contribution is 5.50. The van der Waals surface area contributed by atoms with E-state index in [-0.39, 0.29) is 17.9 Å². The first-order valence-electron chi connectivity index (χ1n) is 9.66. The van der Waals surface area contributed by atoms with Crippen molar-refractivity contribution >= 4 is 0 Å². The Hall–Kier alpha value is -3.70. The fourth-order valence-corrected chi connectivity index (χ4v) is 3.64. The van der Waals surface area contributed by atoms with E-state index in [0.29, 0.717) is 11.1 Å². The highest BCUT2D eigenvalue weighted by atomic mass is 16.5. The molecule has 1 aromatic heterocycles. The molecule has 5 nitrogen and oxygen atoms in total. The van der Waals surface area contributed by atoms with Gasteiger partial charge in [0.05, 0.1) is 19.9 Å². The van der Waals surface area contributed by atoms with Gasteiger partial charge in [-0.05, 0) is 16.7 Å². The minimum atomic E-state index is -1.70. The van der Waals surface area contributed by atoms with Crippen LogP contribution in [0.15, 0.2) is 102 Å². The van der Waals surface area contributed by atoms with Crippen LogP contribution in [0, 0.1) is 0 Å². The van der Waals surface area contributed by atoms with Gasteiger partial charge in [-0.25, -0.2) is 4.68 Å². The van der Waals surface area contributed by atoms with Crippen LogP contribution in [-0.4, -0.2) is 22.0 Å². The van der Waals surface area contributed by atoms with Crippen LogP contribution in [0.1, 0.15) is 22.3 Å². The topological polar surface area (TPSA) is 64.4 Å². The summed E-state index contributed by atoms with van der Waals surface area (Å²) < 4.78 is 6.84. The average Bonchev–Trinajstić information content (AvgIpc) is 2.81. The van der Waals surface area contributed by atoms with Gasteiger partial charge in [0.1, 0.15) is 11.2 Å². The molecule has 0 fully saturated rings. The third kappa shape index (κ3) is 3.51. The van der Waals surface area contributed by atoms with Crippen molar-refractivity contribution in [1.29, 1.82) is 0 Å². The quantitative estimate of drug-likeness (QED) is 0.539. The van der Waals surface area contributed by atoms with Crippen molar-refractivity contribution in [3.8, 4) is 5.75 Å². The van der Waals surface area contributed by atoms with E-state index >= 15 is 0 Å².